The van der Waals surface area contributed by atoms with Gasteiger partial charge in [-0.25, -0.2) is 4.79 Å². The van der Waals surface area contributed by atoms with E-state index in [1.54, 1.807) is 12.1 Å². The standard InChI is InChI=1S/C9H6N2O2/c12-7-3-1-6(2-4-7)8-5-10-9(13)11-8/h1-5,12H. The number of phenols is 1. The normalized spacial score (nSPS) is 14.8. The molecule has 2 amide bonds. The number of hydrogen-bond donors (Lipinski definition) is 1. The highest BCUT2D eigenvalue weighted by atomic mass is 16.3. The zero-order valence-corrected chi connectivity index (χ0v) is 6.64. The fourth-order valence-electron chi connectivity index (χ4n) is 1.05. The van der Waals surface area contributed by atoms with Gasteiger partial charge in [0, 0.05) is 5.56 Å². The third-order valence-corrected chi connectivity index (χ3v) is 1.68. The van der Waals surface area contributed by atoms with Gasteiger partial charge in [0.25, 0.3) is 0 Å². The van der Waals surface area contributed by atoms with Crippen LogP contribution in [0.25, 0.3) is 0 Å². The number of rotatable bonds is 1. The zero-order chi connectivity index (χ0) is 9.26. The summed E-state index contributed by atoms with van der Waals surface area (Å²) in [5, 5.41) is 9.01. The van der Waals surface area contributed by atoms with Gasteiger partial charge in [0.1, 0.15) is 5.75 Å². The van der Waals surface area contributed by atoms with Gasteiger partial charge in [-0.1, -0.05) is 0 Å². The summed E-state index contributed by atoms with van der Waals surface area (Å²) in [5.74, 6) is 0.186. The van der Waals surface area contributed by atoms with Crippen molar-refractivity contribution in [3.05, 3.63) is 29.8 Å². The molecule has 0 spiro atoms. The van der Waals surface area contributed by atoms with Crippen molar-refractivity contribution in [1.82, 2.24) is 0 Å². The summed E-state index contributed by atoms with van der Waals surface area (Å²) in [6.07, 6.45) is 1.41. The van der Waals surface area contributed by atoms with Gasteiger partial charge in [-0.15, -0.1) is 0 Å². The van der Waals surface area contributed by atoms with Crippen molar-refractivity contribution in [3.8, 4) is 5.75 Å². The lowest BCUT2D eigenvalue weighted by Gasteiger charge is -1.95. The molecule has 4 heteroatoms. The van der Waals surface area contributed by atoms with Crippen LogP contribution in [0.2, 0.25) is 0 Å². The van der Waals surface area contributed by atoms with Crippen LogP contribution in [0.15, 0.2) is 34.3 Å². The van der Waals surface area contributed by atoms with Gasteiger partial charge < -0.3 is 5.11 Å². The number of urea groups is 1. The lowest BCUT2D eigenvalue weighted by Crippen LogP contribution is -1.97. The fourth-order valence-corrected chi connectivity index (χ4v) is 1.05. The summed E-state index contributed by atoms with van der Waals surface area (Å²) in [4.78, 5) is 17.8. The molecule has 4 nitrogen and oxygen atoms in total. The number of carbonyl (C=O) groups excluding carboxylic acids is 1. The SMILES string of the molecule is O=C1N=CC(c2ccc(O)cc2)=N1. The number of carbonyl (C=O) groups is 1. The van der Waals surface area contributed by atoms with Crippen molar-refractivity contribution < 1.29 is 9.90 Å². The molecule has 1 aromatic rings. The van der Waals surface area contributed by atoms with Crippen LogP contribution in [0.5, 0.6) is 5.75 Å². The Morgan fingerprint density at radius 1 is 1.15 bits per heavy atom. The highest BCUT2D eigenvalue weighted by molar-refractivity contribution is 6.43. The Bertz CT molecular complexity index is 404. The van der Waals surface area contributed by atoms with Gasteiger partial charge in [0.05, 0.1) is 11.9 Å². The van der Waals surface area contributed by atoms with Crippen molar-refractivity contribution in [3.63, 3.8) is 0 Å². The minimum absolute atomic E-state index is 0.186. The summed E-state index contributed by atoms with van der Waals surface area (Å²) >= 11 is 0. The lowest BCUT2D eigenvalue weighted by molar-refractivity contribution is 0.257. The van der Waals surface area contributed by atoms with Gasteiger partial charge in [-0.2, -0.15) is 9.98 Å². The molecule has 1 N–H and O–H groups in total. The first-order valence-electron chi connectivity index (χ1n) is 3.72. The second-order valence-electron chi connectivity index (χ2n) is 2.58. The molecule has 0 bridgehead atoms. The molecular weight excluding hydrogens is 168 g/mol. The van der Waals surface area contributed by atoms with Crippen LogP contribution in [0.1, 0.15) is 5.56 Å². The maximum Gasteiger partial charge on any atom is 0.367 e. The zero-order valence-electron chi connectivity index (χ0n) is 6.64. The maximum atomic E-state index is 10.7. The number of nitrogens with zero attached hydrogens (tertiary/aromatic N) is 2. The molecule has 0 aliphatic carbocycles. The second-order valence-corrected chi connectivity index (χ2v) is 2.58. The van der Waals surface area contributed by atoms with Gasteiger partial charge >= 0.3 is 6.03 Å². The summed E-state index contributed by atoms with van der Waals surface area (Å²) in [6, 6.07) is 5.95. The summed E-state index contributed by atoms with van der Waals surface area (Å²) in [6.45, 7) is 0. The predicted molar refractivity (Wildman–Crippen MR) is 48.5 cm³/mol. The molecule has 1 aliphatic heterocycles. The predicted octanol–water partition coefficient (Wildman–Crippen LogP) is 1.39. The Morgan fingerprint density at radius 3 is 2.38 bits per heavy atom. The Balaban J connectivity index is 2.37. The quantitative estimate of drug-likeness (QED) is 0.699. The van der Waals surface area contributed by atoms with Crippen LogP contribution in [0.4, 0.5) is 4.79 Å². The van der Waals surface area contributed by atoms with Gasteiger partial charge in [0.2, 0.25) is 0 Å². The van der Waals surface area contributed by atoms with E-state index in [1.807, 2.05) is 0 Å². The third-order valence-electron chi connectivity index (χ3n) is 1.68. The smallest absolute Gasteiger partial charge is 0.367 e. The Hall–Kier alpha value is -1.97. The van der Waals surface area contributed by atoms with Crippen molar-refractivity contribution in [1.29, 1.82) is 0 Å². The fraction of sp³-hybridized carbons (Fsp3) is 0. The van der Waals surface area contributed by atoms with Crippen molar-refractivity contribution in [2.45, 2.75) is 0 Å². The number of phenolic OH excluding ortho intramolecular Hbond substituents is 1. The second kappa shape index (κ2) is 2.82. The van der Waals surface area contributed by atoms with E-state index in [4.69, 9.17) is 5.11 Å². The molecule has 2 rings (SSSR count). The van der Waals surface area contributed by atoms with Crippen LogP contribution in [-0.4, -0.2) is 23.1 Å². The van der Waals surface area contributed by atoms with E-state index in [9.17, 15) is 4.79 Å². The first kappa shape index (κ1) is 7.67. The topological polar surface area (TPSA) is 62.0 Å². The molecule has 0 aromatic heterocycles. The monoisotopic (exact) mass is 174 g/mol. The van der Waals surface area contributed by atoms with Gasteiger partial charge in [0.15, 0.2) is 0 Å². The largest absolute Gasteiger partial charge is 0.508 e. The molecule has 0 unspecified atom stereocenters. The van der Waals surface area contributed by atoms with E-state index in [0.717, 1.165) is 5.56 Å². The number of benzene rings is 1. The lowest BCUT2D eigenvalue weighted by atomic mass is 10.1. The van der Waals surface area contributed by atoms with Crippen LogP contribution < -0.4 is 0 Å². The van der Waals surface area contributed by atoms with E-state index in [2.05, 4.69) is 9.98 Å². The number of hydrogen-bond acceptors (Lipinski definition) is 2. The Kier molecular flexibility index (Phi) is 1.66. The van der Waals surface area contributed by atoms with Crippen molar-refractivity contribution >= 4 is 18.0 Å². The van der Waals surface area contributed by atoms with Gasteiger partial charge in [-0.3, -0.25) is 0 Å². The van der Waals surface area contributed by atoms with Crippen molar-refractivity contribution in [2.75, 3.05) is 0 Å². The van der Waals surface area contributed by atoms with Crippen LogP contribution in [0.3, 0.4) is 0 Å². The molecule has 0 fully saturated rings. The molecule has 1 aliphatic rings. The van der Waals surface area contributed by atoms with Crippen LogP contribution in [0, 0.1) is 0 Å². The van der Waals surface area contributed by atoms with E-state index >= 15 is 0 Å². The molecule has 0 atom stereocenters. The van der Waals surface area contributed by atoms with Crippen LogP contribution in [-0.2, 0) is 0 Å². The summed E-state index contributed by atoms with van der Waals surface area (Å²) < 4.78 is 0. The molecule has 0 saturated carbocycles. The highest BCUT2D eigenvalue weighted by Crippen LogP contribution is 2.11. The summed E-state index contributed by atoms with van der Waals surface area (Å²) in [5.41, 5.74) is 1.30. The molecule has 1 aromatic carbocycles. The molecule has 0 saturated heterocycles. The highest BCUT2D eigenvalue weighted by Gasteiger charge is 2.09. The van der Waals surface area contributed by atoms with E-state index < -0.39 is 6.03 Å². The average Bonchev–Trinajstić information content (AvgIpc) is 2.53. The minimum atomic E-state index is -0.483. The van der Waals surface area contributed by atoms with E-state index in [1.165, 1.54) is 18.3 Å². The number of aromatic hydroxyl groups is 1. The summed E-state index contributed by atoms with van der Waals surface area (Å²) in [7, 11) is 0. The first-order valence-corrected chi connectivity index (χ1v) is 3.72. The third kappa shape index (κ3) is 1.46. The molecule has 1 heterocycles. The first-order chi connectivity index (χ1) is 6.25. The Morgan fingerprint density at radius 2 is 1.85 bits per heavy atom. The minimum Gasteiger partial charge on any atom is -0.508 e. The molecule has 0 radical (unpaired) electrons. The van der Waals surface area contributed by atoms with Crippen molar-refractivity contribution in [2.24, 2.45) is 9.98 Å². The van der Waals surface area contributed by atoms with E-state index in [-0.39, 0.29) is 5.75 Å². The van der Waals surface area contributed by atoms with Crippen LogP contribution >= 0.6 is 0 Å². The number of amides is 2. The maximum absolute atomic E-state index is 10.7. The molecule has 64 valence electrons. The molecule has 13 heavy (non-hydrogen) atoms. The van der Waals surface area contributed by atoms with Gasteiger partial charge in [-0.05, 0) is 24.3 Å². The Labute approximate surface area is 74.3 Å². The van der Waals surface area contributed by atoms with E-state index in [0.29, 0.717) is 5.71 Å². The average molecular weight is 174 g/mol. The molecular formula is C9H6N2O2. The number of aliphatic imine (C=N–C) groups is 2.